The smallest absolute Gasteiger partial charge is 0.223 e. The summed E-state index contributed by atoms with van der Waals surface area (Å²) in [5.41, 5.74) is -1.32. The summed E-state index contributed by atoms with van der Waals surface area (Å²) in [6, 6.07) is 0. The van der Waals surface area contributed by atoms with Gasteiger partial charge in [0.25, 0.3) is 0 Å². The molecule has 1 saturated carbocycles. The third-order valence-corrected chi connectivity index (χ3v) is 2.21. The van der Waals surface area contributed by atoms with Crippen molar-refractivity contribution in [1.82, 2.24) is 5.32 Å². The Morgan fingerprint density at radius 1 is 1.46 bits per heavy atom. The van der Waals surface area contributed by atoms with Crippen molar-refractivity contribution < 1.29 is 9.18 Å². The highest BCUT2D eigenvalue weighted by molar-refractivity contribution is 5.80. The number of rotatable bonds is 1. The van der Waals surface area contributed by atoms with Gasteiger partial charge in [0.1, 0.15) is 5.67 Å². The fourth-order valence-corrected chi connectivity index (χ4v) is 1.62. The number of carbonyl (C=O) groups is 1. The lowest BCUT2D eigenvalue weighted by molar-refractivity contribution is -0.134. The molecule has 1 aliphatic rings. The van der Waals surface area contributed by atoms with Gasteiger partial charge in [-0.15, -0.1) is 0 Å². The highest BCUT2D eigenvalue weighted by Crippen LogP contribution is 2.40. The van der Waals surface area contributed by atoms with Gasteiger partial charge in [0.2, 0.25) is 5.91 Å². The number of halogens is 1. The lowest BCUT2D eigenvalue weighted by Gasteiger charge is -2.38. The minimum Gasteiger partial charge on any atom is -0.351 e. The Morgan fingerprint density at radius 3 is 2.23 bits per heavy atom. The largest absolute Gasteiger partial charge is 0.351 e. The highest BCUT2D eigenvalue weighted by Gasteiger charge is 2.44. The summed E-state index contributed by atoms with van der Waals surface area (Å²) >= 11 is 0. The molecule has 0 unspecified atom stereocenters. The first-order valence-corrected chi connectivity index (χ1v) is 4.71. The average molecular weight is 187 g/mol. The topological polar surface area (TPSA) is 29.1 Å². The van der Waals surface area contributed by atoms with Crippen LogP contribution in [0, 0.1) is 5.92 Å². The van der Waals surface area contributed by atoms with Crippen molar-refractivity contribution in [3.63, 3.8) is 0 Å². The molecule has 2 nitrogen and oxygen atoms in total. The van der Waals surface area contributed by atoms with Gasteiger partial charge in [-0.3, -0.25) is 4.79 Å². The third-order valence-electron chi connectivity index (χ3n) is 2.21. The number of alkyl halides is 1. The van der Waals surface area contributed by atoms with E-state index in [-0.39, 0.29) is 17.4 Å². The van der Waals surface area contributed by atoms with Crippen LogP contribution in [0.5, 0.6) is 0 Å². The van der Waals surface area contributed by atoms with Crippen molar-refractivity contribution in [1.29, 1.82) is 0 Å². The van der Waals surface area contributed by atoms with Crippen LogP contribution in [-0.2, 0) is 4.79 Å². The molecule has 0 heterocycles. The number of hydrogen-bond acceptors (Lipinski definition) is 1. The molecule has 1 aliphatic carbocycles. The molecular weight excluding hydrogens is 169 g/mol. The monoisotopic (exact) mass is 187 g/mol. The van der Waals surface area contributed by atoms with E-state index in [0.29, 0.717) is 12.8 Å². The van der Waals surface area contributed by atoms with Crippen LogP contribution < -0.4 is 5.32 Å². The van der Waals surface area contributed by atoms with Crippen molar-refractivity contribution in [2.24, 2.45) is 5.92 Å². The van der Waals surface area contributed by atoms with Crippen LogP contribution in [0.3, 0.4) is 0 Å². The van der Waals surface area contributed by atoms with E-state index < -0.39 is 5.67 Å². The fourth-order valence-electron chi connectivity index (χ4n) is 1.62. The van der Waals surface area contributed by atoms with Crippen LogP contribution in [0.15, 0.2) is 0 Å². The summed E-state index contributed by atoms with van der Waals surface area (Å²) < 4.78 is 13.1. The number of amides is 1. The second-order valence-corrected chi connectivity index (χ2v) is 5.26. The quantitative estimate of drug-likeness (QED) is 0.668. The molecule has 1 rings (SSSR count). The van der Waals surface area contributed by atoms with Crippen LogP contribution >= 0.6 is 0 Å². The summed E-state index contributed by atoms with van der Waals surface area (Å²) in [5, 5.41) is 2.85. The highest BCUT2D eigenvalue weighted by atomic mass is 19.1. The first kappa shape index (κ1) is 10.5. The van der Waals surface area contributed by atoms with Gasteiger partial charge in [0.05, 0.1) is 0 Å². The van der Waals surface area contributed by atoms with E-state index in [1.165, 1.54) is 0 Å². The summed E-state index contributed by atoms with van der Waals surface area (Å²) in [4.78, 5) is 11.5. The van der Waals surface area contributed by atoms with E-state index in [2.05, 4.69) is 5.32 Å². The van der Waals surface area contributed by atoms with Crippen molar-refractivity contribution in [3.05, 3.63) is 0 Å². The Bertz CT molecular complexity index is 209. The third kappa shape index (κ3) is 2.98. The minimum atomic E-state index is -1.11. The standard InChI is InChI=1S/C10H18FNO/c1-9(2,3)12-8(13)7-5-10(4,11)6-7/h7H,5-6H2,1-4H3,(H,12,13). The fraction of sp³-hybridized carbons (Fsp3) is 0.900. The van der Waals surface area contributed by atoms with E-state index in [4.69, 9.17) is 0 Å². The SMILES string of the molecule is CC1(F)CC(C(=O)NC(C)(C)C)C1. The zero-order chi connectivity index (χ0) is 10.3. The van der Waals surface area contributed by atoms with Crippen molar-refractivity contribution in [2.75, 3.05) is 0 Å². The molecule has 0 aliphatic heterocycles. The van der Waals surface area contributed by atoms with Gasteiger partial charge >= 0.3 is 0 Å². The molecular formula is C10H18FNO. The van der Waals surface area contributed by atoms with Gasteiger partial charge < -0.3 is 5.32 Å². The van der Waals surface area contributed by atoms with E-state index >= 15 is 0 Å². The lowest BCUT2D eigenvalue weighted by atomic mass is 9.73. The van der Waals surface area contributed by atoms with Gasteiger partial charge in [-0.1, -0.05) is 0 Å². The molecule has 0 bridgehead atoms. The van der Waals surface area contributed by atoms with Crippen molar-refractivity contribution in [2.45, 2.75) is 51.7 Å². The van der Waals surface area contributed by atoms with Crippen LogP contribution in [-0.4, -0.2) is 17.1 Å². The predicted molar refractivity (Wildman–Crippen MR) is 50.1 cm³/mol. The maximum absolute atomic E-state index is 13.1. The Morgan fingerprint density at radius 2 is 1.92 bits per heavy atom. The molecule has 0 saturated heterocycles. The Hall–Kier alpha value is -0.600. The Labute approximate surface area is 78.9 Å². The van der Waals surface area contributed by atoms with Gasteiger partial charge in [-0.25, -0.2) is 4.39 Å². The van der Waals surface area contributed by atoms with Gasteiger partial charge in [0, 0.05) is 11.5 Å². The van der Waals surface area contributed by atoms with Crippen molar-refractivity contribution in [3.8, 4) is 0 Å². The Balaban J connectivity index is 2.36. The zero-order valence-corrected chi connectivity index (χ0v) is 8.78. The number of hydrogen-bond donors (Lipinski definition) is 1. The number of nitrogens with one attached hydrogen (secondary N) is 1. The zero-order valence-electron chi connectivity index (χ0n) is 8.78. The molecule has 0 atom stereocenters. The molecule has 0 radical (unpaired) electrons. The average Bonchev–Trinajstić information content (AvgIpc) is 1.77. The molecule has 1 amide bonds. The summed E-state index contributed by atoms with van der Waals surface area (Å²) in [7, 11) is 0. The second-order valence-electron chi connectivity index (χ2n) is 5.26. The molecule has 0 aromatic heterocycles. The van der Waals surface area contributed by atoms with Gasteiger partial charge in [0.15, 0.2) is 0 Å². The van der Waals surface area contributed by atoms with Crippen LogP contribution in [0.25, 0.3) is 0 Å². The summed E-state index contributed by atoms with van der Waals surface area (Å²) in [5.74, 6) is -0.128. The second kappa shape index (κ2) is 2.96. The summed E-state index contributed by atoms with van der Waals surface area (Å²) in [6.07, 6.45) is 0.740. The Kier molecular flexibility index (Phi) is 2.39. The van der Waals surface area contributed by atoms with Crippen molar-refractivity contribution >= 4 is 5.91 Å². The van der Waals surface area contributed by atoms with Crippen LogP contribution in [0.2, 0.25) is 0 Å². The molecule has 0 spiro atoms. The van der Waals surface area contributed by atoms with Gasteiger partial charge in [-0.2, -0.15) is 0 Å². The van der Waals surface area contributed by atoms with Crippen LogP contribution in [0.1, 0.15) is 40.5 Å². The molecule has 76 valence electrons. The summed E-state index contributed by atoms with van der Waals surface area (Å²) in [6.45, 7) is 7.34. The maximum atomic E-state index is 13.1. The predicted octanol–water partition coefficient (Wildman–Crippen LogP) is 2.04. The maximum Gasteiger partial charge on any atom is 0.223 e. The normalized spacial score (nSPS) is 33.8. The first-order valence-electron chi connectivity index (χ1n) is 4.71. The van der Waals surface area contributed by atoms with Crippen LogP contribution in [0.4, 0.5) is 4.39 Å². The first-order chi connectivity index (χ1) is 5.70. The van der Waals surface area contributed by atoms with E-state index in [1.807, 2.05) is 20.8 Å². The van der Waals surface area contributed by atoms with E-state index in [1.54, 1.807) is 6.92 Å². The molecule has 1 N–H and O–H groups in total. The molecule has 0 aromatic rings. The number of carbonyl (C=O) groups excluding carboxylic acids is 1. The minimum absolute atomic E-state index is 0.0115. The van der Waals surface area contributed by atoms with E-state index in [9.17, 15) is 9.18 Å². The van der Waals surface area contributed by atoms with E-state index in [0.717, 1.165) is 0 Å². The molecule has 0 aromatic carbocycles. The molecule has 13 heavy (non-hydrogen) atoms. The van der Waals surface area contributed by atoms with Gasteiger partial charge in [-0.05, 0) is 40.5 Å². The lowest BCUT2D eigenvalue weighted by Crippen LogP contribution is -2.50. The molecule has 3 heteroatoms. The molecule has 1 fully saturated rings.